The highest BCUT2D eigenvalue weighted by atomic mass is 32.2. The fourth-order valence-corrected chi connectivity index (χ4v) is 4.28. The second-order valence-electron chi connectivity index (χ2n) is 6.14. The standard InChI is InChI=1S/C15H26N4O2S2/c1-11(2)8-13(19-4-6-21-7-5-19)9-16-14(20)12(3)23-15-18-17-10-22-15/h10-13H,4-9H2,1-3H3,(H,16,20)/t12-,13-/m0/s1. The molecule has 0 spiro atoms. The number of morpholine rings is 1. The summed E-state index contributed by atoms with van der Waals surface area (Å²) in [6.45, 7) is 10.5. The van der Waals surface area contributed by atoms with Gasteiger partial charge in [0.2, 0.25) is 5.91 Å². The Labute approximate surface area is 146 Å². The quantitative estimate of drug-likeness (QED) is 0.716. The van der Waals surface area contributed by atoms with E-state index < -0.39 is 0 Å². The molecule has 1 aliphatic heterocycles. The SMILES string of the molecule is CC(C)C[C@@H](CNC(=O)[C@H](C)Sc1nncs1)N1CCOCC1. The van der Waals surface area contributed by atoms with Crippen LogP contribution in [0.3, 0.4) is 0 Å². The van der Waals surface area contributed by atoms with Crippen molar-refractivity contribution in [3.8, 4) is 0 Å². The highest BCUT2D eigenvalue weighted by Gasteiger charge is 2.24. The molecule has 0 bridgehead atoms. The number of carbonyl (C=O) groups excluding carboxylic acids is 1. The van der Waals surface area contributed by atoms with E-state index in [4.69, 9.17) is 4.74 Å². The van der Waals surface area contributed by atoms with E-state index in [0.717, 1.165) is 37.1 Å². The molecule has 23 heavy (non-hydrogen) atoms. The van der Waals surface area contributed by atoms with E-state index in [2.05, 4.69) is 34.3 Å². The number of carbonyl (C=O) groups is 1. The summed E-state index contributed by atoms with van der Waals surface area (Å²) in [4.78, 5) is 14.8. The largest absolute Gasteiger partial charge is 0.379 e. The second kappa shape index (κ2) is 9.56. The number of thioether (sulfide) groups is 1. The first kappa shape index (κ1) is 18.6. The van der Waals surface area contributed by atoms with Gasteiger partial charge in [0.25, 0.3) is 0 Å². The predicted molar refractivity (Wildman–Crippen MR) is 93.9 cm³/mol. The third-order valence-corrected chi connectivity index (χ3v) is 5.72. The van der Waals surface area contributed by atoms with Gasteiger partial charge in [0, 0.05) is 25.7 Å². The summed E-state index contributed by atoms with van der Waals surface area (Å²) in [5.41, 5.74) is 1.68. The van der Waals surface area contributed by atoms with Crippen molar-refractivity contribution in [1.82, 2.24) is 20.4 Å². The molecule has 6 nitrogen and oxygen atoms in total. The predicted octanol–water partition coefficient (Wildman–Crippen LogP) is 1.88. The number of hydrogen-bond acceptors (Lipinski definition) is 7. The van der Waals surface area contributed by atoms with E-state index >= 15 is 0 Å². The van der Waals surface area contributed by atoms with Crippen LogP contribution in [0.4, 0.5) is 0 Å². The maximum Gasteiger partial charge on any atom is 0.233 e. The number of rotatable bonds is 8. The molecular formula is C15H26N4O2S2. The number of hydrogen-bond donors (Lipinski definition) is 1. The first-order valence-electron chi connectivity index (χ1n) is 8.08. The van der Waals surface area contributed by atoms with E-state index in [1.165, 1.54) is 23.1 Å². The number of amides is 1. The average molecular weight is 359 g/mol. The molecule has 0 radical (unpaired) electrons. The Kier molecular flexibility index (Phi) is 7.75. The average Bonchev–Trinajstić information content (AvgIpc) is 3.04. The summed E-state index contributed by atoms with van der Waals surface area (Å²) in [5.74, 6) is 0.667. The molecule has 2 rings (SSSR count). The lowest BCUT2D eigenvalue weighted by atomic mass is 10.0. The van der Waals surface area contributed by atoms with E-state index in [1.54, 1.807) is 5.51 Å². The van der Waals surface area contributed by atoms with Crippen LogP contribution in [0, 0.1) is 5.92 Å². The van der Waals surface area contributed by atoms with Crippen LogP contribution in [0.25, 0.3) is 0 Å². The molecule has 1 aromatic rings. The lowest BCUT2D eigenvalue weighted by Crippen LogP contribution is -2.50. The summed E-state index contributed by atoms with van der Waals surface area (Å²) >= 11 is 2.92. The Morgan fingerprint density at radius 3 is 2.78 bits per heavy atom. The topological polar surface area (TPSA) is 67.4 Å². The highest BCUT2D eigenvalue weighted by molar-refractivity contribution is 8.02. The zero-order chi connectivity index (χ0) is 16.7. The number of nitrogens with one attached hydrogen (secondary N) is 1. The molecule has 1 aliphatic rings. The number of aromatic nitrogens is 2. The van der Waals surface area contributed by atoms with Crippen molar-refractivity contribution in [1.29, 1.82) is 0 Å². The van der Waals surface area contributed by atoms with Crippen LogP contribution in [0.2, 0.25) is 0 Å². The van der Waals surface area contributed by atoms with Gasteiger partial charge in [0.15, 0.2) is 4.34 Å². The third-order valence-electron chi connectivity index (χ3n) is 3.80. The molecule has 1 fully saturated rings. The van der Waals surface area contributed by atoms with Crippen LogP contribution in [-0.2, 0) is 9.53 Å². The monoisotopic (exact) mass is 358 g/mol. The minimum atomic E-state index is -0.160. The molecule has 1 amide bonds. The van der Waals surface area contributed by atoms with Gasteiger partial charge in [-0.15, -0.1) is 10.2 Å². The fourth-order valence-electron chi connectivity index (χ4n) is 2.63. The normalized spacial score (nSPS) is 18.8. The first-order chi connectivity index (χ1) is 11.1. The zero-order valence-corrected chi connectivity index (χ0v) is 15.7. The van der Waals surface area contributed by atoms with Gasteiger partial charge in [-0.1, -0.05) is 36.9 Å². The Hall–Kier alpha value is -0.700. The van der Waals surface area contributed by atoms with Crippen LogP contribution in [0.5, 0.6) is 0 Å². The summed E-state index contributed by atoms with van der Waals surface area (Å²) in [6, 6.07) is 0.376. The van der Waals surface area contributed by atoms with E-state index in [9.17, 15) is 4.79 Å². The Morgan fingerprint density at radius 1 is 1.43 bits per heavy atom. The number of ether oxygens (including phenoxy) is 1. The van der Waals surface area contributed by atoms with Crippen LogP contribution in [0.1, 0.15) is 27.2 Å². The molecule has 2 atom stereocenters. The second-order valence-corrected chi connectivity index (χ2v) is 8.56. The van der Waals surface area contributed by atoms with E-state index in [0.29, 0.717) is 18.5 Å². The molecule has 0 unspecified atom stereocenters. The summed E-state index contributed by atoms with van der Waals surface area (Å²) in [6.07, 6.45) is 1.08. The van der Waals surface area contributed by atoms with E-state index in [1.807, 2.05) is 6.92 Å². The molecule has 1 saturated heterocycles. The highest BCUT2D eigenvalue weighted by Crippen LogP contribution is 2.24. The van der Waals surface area contributed by atoms with Gasteiger partial charge in [-0.3, -0.25) is 9.69 Å². The maximum absolute atomic E-state index is 12.3. The molecule has 130 valence electrons. The van der Waals surface area contributed by atoms with Gasteiger partial charge < -0.3 is 10.1 Å². The molecule has 0 saturated carbocycles. The summed E-state index contributed by atoms with van der Waals surface area (Å²) in [7, 11) is 0. The van der Waals surface area contributed by atoms with Gasteiger partial charge in [0.05, 0.1) is 18.5 Å². The van der Waals surface area contributed by atoms with Gasteiger partial charge in [0.1, 0.15) is 5.51 Å². The minimum absolute atomic E-state index is 0.0622. The molecule has 0 aromatic carbocycles. The van der Waals surface area contributed by atoms with Gasteiger partial charge in [-0.25, -0.2) is 0 Å². The van der Waals surface area contributed by atoms with Crippen molar-refractivity contribution in [2.24, 2.45) is 5.92 Å². The minimum Gasteiger partial charge on any atom is -0.379 e. The van der Waals surface area contributed by atoms with Gasteiger partial charge in [-0.05, 0) is 19.3 Å². The fraction of sp³-hybridized carbons (Fsp3) is 0.800. The third kappa shape index (κ3) is 6.37. The van der Waals surface area contributed by atoms with Crippen LogP contribution < -0.4 is 5.32 Å². The van der Waals surface area contributed by atoms with Crippen LogP contribution in [0.15, 0.2) is 9.85 Å². The summed E-state index contributed by atoms with van der Waals surface area (Å²) < 4.78 is 6.27. The first-order valence-corrected chi connectivity index (χ1v) is 9.84. The van der Waals surface area contributed by atoms with Crippen molar-refractivity contribution in [3.63, 3.8) is 0 Å². The van der Waals surface area contributed by atoms with Crippen molar-refractivity contribution in [2.45, 2.75) is 42.8 Å². The van der Waals surface area contributed by atoms with Gasteiger partial charge >= 0.3 is 0 Å². The maximum atomic E-state index is 12.3. The lowest BCUT2D eigenvalue weighted by Gasteiger charge is -2.35. The molecule has 2 heterocycles. The smallest absolute Gasteiger partial charge is 0.233 e. The van der Waals surface area contributed by atoms with Gasteiger partial charge in [-0.2, -0.15) is 0 Å². The molecule has 1 N–H and O–H groups in total. The number of nitrogens with zero attached hydrogens (tertiary/aromatic N) is 3. The van der Waals surface area contributed by atoms with Crippen LogP contribution in [-0.4, -0.2) is 65.1 Å². The molecule has 8 heteroatoms. The Morgan fingerprint density at radius 2 is 2.17 bits per heavy atom. The van der Waals surface area contributed by atoms with Crippen molar-refractivity contribution in [2.75, 3.05) is 32.8 Å². The van der Waals surface area contributed by atoms with E-state index in [-0.39, 0.29) is 11.2 Å². The zero-order valence-electron chi connectivity index (χ0n) is 14.0. The Bertz CT molecular complexity index is 464. The Balaban J connectivity index is 1.82. The van der Waals surface area contributed by atoms with Crippen molar-refractivity contribution in [3.05, 3.63) is 5.51 Å². The van der Waals surface area contributed by atoms with Crippen molar-refractivity contribution >= 4 is 29.0 Å². The molecule has 1 aromatic heterocycles. The van der Waals surface area contributed by atoms with Crippen LogP contribution >= 0.6 is 23.1 Å². The van der Waals surface area contributed by atoms with Crippen molar-refractivity contribution < 1.29 is 9.53 Å². The molecular weight excluding hydrogens is 332 g/mol. The molecule has 0 aliphatic carbocycles. The lowest BCUT2D eigenvalue weighted by molar-refractivity contribution is -0.120. The summed E-state index contributed by atoms with van der Waals surface area (Å²) in [5, 5.41) is 10.7.